The van der Waals surface area contributed by atoms with Crippen LogP contribution in [0.5, 0.6) is 5.75 Å². The third kappa shape index (κ3) is 3.55. The maximum atomic E-state index is 5.99. The monoisotopic (exact) mass is 295 g/mol. The van der Waals surface area contributed by atoms with E-state index in [4.69, 9.17) is 27.9 Å². The number of hydrogen-bond donors (Lipinski definition) is 1. The summed E-state index contributed by atoms with van der Waals surface area (Å²) < 4.78 is 5.30. The van der Waals surface area contributed by atoms with Crippen molar-refractivity contribution in [3.8, 4) is 5.75 Å². The van der Waals surface area contributed by atoms with Gasteiger partial charge in [0.1, 0.15) is 5.75 Å². The smallest absolute Gasteiger partial charge is 0.142 e. The van der Waals surface area contributed by atoms with Crippen LogP contribution in [0.2, 0.25) is 10.0 Å². The molecule has 0 fully saturated rings. The van der Waals surface area contributed by atoms with E-state index >= 15 is 0 Å². The molecule has 0 atom stereocenters. The Morgan fingerprint density at radius 2 is 1.74 bits per heavy atom. The minimum Gasteiger partial charge on any atom is -0.495 e. The van der Waals surface area contributed by atoms with Crippen LogP contribution in [0.15, 0.2) is 36.4 Å². The van der Waals surface area contributed by atoms with Gasteiger partial charge in [-0.25, -0.2) is 0 Å². The molecule has 2 aromatic carbocycles. The van der Waals surface area contributed by atoms with Crippen LogP contribution in [-0.4, -0.2) is 7.11 Å². The summed E-state index contributed by atoms with van der Waals surface area (Å²) in [6.45, 7) is 2.73. The van der Waals surface area contributed by atoms with Gasteiger partial charge in [-0.3, -0.25) is 0 Å². The van der Waals surface area contributed by atoms with Gasteiger partial charge in [-0.15, -0.1) is 0 Å². The van der Waals surface area contributed by atoms with E-state index in [1.165, 1.54) is 5.56 Å². The van der Waals surface area contributed by atoms with Crippen molar-refractivity contribution in [2.45, 2.75) is 13.5 Å². The number of nitrogens with one attached hydrogen (secondary N) is 1. The average molecular weight is 296 g/mol. The lowest BCUT2D eigenvalue weighted by Gasteiger charge is -2.13. The van der Waals surface area contributed by atoms with Gasteiger partial charge >= 0.3 is 0 Å². The lowest BCUT2D eigenvalue weighted by atomic mass is 10.1. The third-order valence-corrected chi connectivity index (χ3v) is 3.41. The summed E-state index contributed by atoms with van der Waals surface area (Å²) >= 11 is 11.9. The summed E-state index contributed by atoms with van der Waals surface area (Å²) in [6, 6.07) is 11.4. The molecule has 0 spiro atoms. The first-order chi connectivity index (χ1) is 9.10. The van der Waals surface area contributed by atoms with Crippen LogP contribution in [0.1, 0.15) is 11.1 Å². The van der Waals surface area contributed by atoms with E-state index < -0.39 is 0 Å². The zero-order valence-corrected chi connectivity index (χ0v) is 12.3. The minimum atomic E-state index is 0.677. The van der Waals surface area contributed by atoms with E-state index in [9.17, 15) is 0 Å². The van der Waals surface area contributed by atoms with Crippen molar-refractivity contribution in [3.63, 3.8) is 0 Å². The Bertz CT molecular complexity index is 584. The lowest BCUT2D eigenvalue weighted by molar-refractivity contribution is 0.416. The van der Waals surface area contributed by atoms with Crippen molar-refractivity contribution >= 4 is 28.9 Å². The van der Waals surface area contributed by atoms with Gasteiger partial charge in [0.15, 0.2) is 0 Å². The molecule has 2 aromatic rings. The highest BCUT2D eigenvalue weighted by molar-refractivity contribution is 6.31. The molecule has 4 heteroatoms. The number of aryl methyl sites for hydroxylation is 1. The molecule has 19 heavy (non-hydrogen) atoms. The van der Waals surface area contributed by atoms with Gasteiger partial charge in [0.25, 0.3) is 0 Å². The Morgan fingerprint density at radius 3 is 2.42 bits per heavy atom. The predicted molar refractivity (Wildman–Crippen MR) is 81.5 cm³/mol. The number of rotatable bonds is 4. The fourth-order valence-electron chi connectivity index (χ4n) is 1.87. The predicted octanol–water partition coefficient (Wildman–Crippen LogP) is 4.92. The summed E-state index contributed by atoms with van der Waals surface area (Å²) in [6.07, 6.45) is 0. The number of methoxy groups -OCH3 is 1. The summed E-state index contributed by atoms with van der Waals surface area (Å²) in [4.78, 5) is 0. The second-order valence-electron chi connectivity index (χ2n) is 4.27. The first-order valence-electron chi connectivity index (χ1n) is 5.92. The Labute approximate surface area is 123 Å². The fraction of sp³-hybridized carbons (Fsp3) is 0.200. The first kappa shape index (κ1) is 14.0. The van der Waals surface area contributed by atoms with Gasteiger partial charge in [0.2, 0.25) is 0 Å². The summed E-state index contributed by atoms with van der Waals surface area (Å²) in [7, 11) is 1.64. The van der Waals surface area contributed by atoms with E-state index in [1.54, 1.807) is 13.2 Å². The summed E-state index contributed by atoms with van der Waals surface area (Å²) in [5, 5.41) is 4.76. The van der Waals surface area contributed by atoms with Gasteiger partial charge in [-0.1, -0.05) is 29.3 Å². The molecule has 2 rings (SSSR count). The van der Waals surface area contributed by atoms with E-state index in [1.807, 2.05) is 37.3 Å². The molecule has 0 saturated heterocycles. The lowest BCUT2D eigenvalue weighted by Crippen LogP contribution is -2.02. The van der Waals surface area contributed by atoms with Crippen molar-refractivity contribution in [2.75, 3.05) is 12.4 Å². The molecule has 0 saturated carbocycles. The van der Waals surface area contributed by atoms with Crippen LogP contribution in [0, 0.1) is 6.92 Å². The summed E-state index contributed by atoms with van der Waals surface area (Å²) in [5.41, 5.74) is 3.22. The third-order valence-electron chi connectivity index (χ3n) is 2.94. The molecule has 0 radical (unpaired) electrons. The topological polar surface area (TPSA) is 21.3 Å². The molecule has 0 amide bonds. The number of anilines is 1. The second-order valence-corrected chi connectivity index (χ2v) is 5.14. The van der Waals surface area contributed by atoms with Gasteiger partial charge in [-0.2, -0.15) is 0 Å². The maximum absolute atomic E-state index is 5.99. The molecule has 0 bridgehead atoms. The number of hydrogen-bond acceptors (Lipinski definition) is 2. The van der Waals surface area contributed by atoms with Crippen LogP contribution in [0.4, 0.5) is 5.69 Å². The average Bonchev–Trinajstić information content (AvgIpc) is 2.38. The normalized spacial score (nSPS) is 10.3. The SMILES string of the molecule is COc1ccc(Cl)cc1NCc1ccc(Cl)cc1C. The molecule has 2 nitrogen and oxygen atoms in total. The van der Waals surface area contributed by atoms with Crippen LogP contribution in [0.3, 0.4) is 0 Å². The summed E-state index contributed by atoms with van der Waals surface area (Å²) in [5.74, 6) is 0.774. The molecule has 0 aliphatic rings. The van der Waals surface area contributed by atoms with Crippen molar-refractivity contribution in [1.82, 2.24) is 0 Å². The zero-order valence-electron chi connectivity index (χ0n) is 10.8. The van der Waals surface area contributed by atoms with E-state index in [2.05, 4.69) is 5.32 Å². The minimum absolute atomic E-state index is 0.677. The number of ether oxygens (including phenoxy) is 1. The molecule has 1 N–H and O–H groups in total. The van der Waals surface area contributed by atoms with Crippen molar-refractivity contribution in [1.29, 1.82) is 0 Å². The van der Waals surface area contributed by atoms with E-state index in [-0.39, 0.29) is 0 Å². The highest BCUT2D eigenvalue weighted by Crippen LogP contribution is 2.28. The van der Waals surface area contributed by atoms with Gasteiger partial charge < -0.3 is 10.1 Å². The molecule has 0 aliphatic heterocycles. The quantitative estimate of drug-likeness (QED) is 0.864. The first-order valence-corrected chi connectivity index (χ1v) is 6.68. The fourth-order valence-corrected chi connectivity index (χ4v) is 2.27. The van der Waals surface area contributed by atoms with Crippen molar-refractivity contribution < 1.29 is 4.74 Å². The standard InChI is InChI=1S/C15H15Cl2NO/c1-10-7-12(16)4-3-11(10)9-18-14-8-13(17)5-6-15(14)19-2/h3-8,18H,9H2,1-2H3. The van der Waals surface area contributed by atoms with Crippen LogP contribution < -0.4 is 10.1 Å². The van der Waals surface area contributed by atoms with Gasteiger partial charge in [-0.05, 0) is 48.4 Å². The molecular weight excluding hydrogens is 281 g/mol. The Balaban J connectivity index is 2.16. The van der Waals surface area contributed by atoms with Crippen LogP contribution in [0.25, 0.3) is 0 Å². The molecule has 0 unspecified atom stereocenters. The van der Waals surface area contributed by atoms with Gasteiger partial charge in [0.05, 0.1) is 12.8 Å². The van der Waals surface area contributed by atoms with Gasteiger partial charge in [0, 0.05) is 16.6 Å². The molecular formula is C15H15Cl2NO. The second kappa shape index (κ2) is 6.18. The number of halogens is 2. The van der Waals surface area contributed by atoms with Crippen LogP contribution >= 0.6 is 23.2 Å². The Kier molecular flexibility index (Phi) is 4.56. The van der Waals surface area contributed by atoms with Crippen LogP contribution in [-0.2, 0) is 6.54 Å². The molecule has 0 aliphatic carbocycles. The molecule has 0 heterocycles. The van der Waals surface area contributed by atoms with Crippen molar-refractivity contribution in [3.05, 3.63) is 57.6 Å². The maximum Gasteiger partial charge on any atom is 0.142 e. The van der Waals surface area contributed by atoms with E-state index in [0.717, 1.165) is 22.0 Å². The largest absolute Gasteiger partial charge is 0.495 e. The zero-order chi connectivity index (χ0) is 13.8. The highest BCUT2D eigenvalue weighted by Gasteiger charge is 2.05. The molecule has 0 aromatic heterocycles. The van der Waals surface area contributed by atoms with Crippen molar-refractivity contribution in [2.24, 2.45) is 0 Å². The van der Waals surface area contributed by atoms with E-state index in [0.29, 0.717) is 11.6 Å². The number of benzene rings is 2. The molecule has 100 valence electrons. The highest BCUT2D eigenvalue weighted by atomic mass is 35.5. The Hall–Kier alpha value is -1.38. The Morgan fingerprint density at radius 1 is 1.05 bits per heavy atom.